The summed E-state index contributed by atoms with van der Waals surface area (Å²) in [7, 11) is 0. The molecule has 37 heavy (non-hydrogen) atoms. The van der Waals surface area contributed by atoms with E-state index in [9.17, 15) is 9.59 Å². The number of hydrogen-bond donors (Lipinski definition) is 1. The second kappa shape index (κ2) is 10.7. The molecule has 1 atom stereocenters. The molecule has 2 aliphatic heterocycles. The molecule has 2 heterocycles. The highest BCUT2D eigenvalue weighted by Crippen LogP contribution is 2.35. The average molecular weight is 538 g/mol. The smallest absolute Gasteiger partial charge is 0.256 e. The molecule has 3 aromatic rings. The maximum Gasteiger partial charge on any atom is 0.256 e. The lowest BCUT2D eigenvalue weighted by Crippen LogP contribution is -2.37. The van der Waals surface area contributed by atoms with Gasteiger partial charge in [0.1, 0.15) is 11.8 Å². The van der Waals surface area contributed by atoms with E-state index in [-0.39, 0.29) is 25.0 Å². The van der Waals surface area contributed by atoms with Crippen LogP contribution >= 0.6 is 23.8 Å². The van der Waals surface area contributed by atoms with E-state index in [1.807, 2.05) is 25.1 Å². The number of ether oxygens (including phenoxy) is 3. The van der Waals surface area contributed by atoms with Gasteiger partial charge in [-0.15, -0.1) is 0 Å². The first kappa shape index (κ1) is 24.9. The third kappa shape index (κ3) is 5.33. The summed E-state index contributed by atoms with van der Waals surface area (Å²) in [4.78, 5) is 29.9. The molecule has 190 valence electrons. The van der Waals surface area contributed by atoms with E-state index < -0.39 is 6.04 Å². The van der Waals surface area contributed by atoms with Crippen molar-refractivity contribution in [3.8, 4) is 17.2 Å². The van der Waals surface area contributed by atoms with Gasteiger partial charge in [-0.25, -0.2) is 0 Å². The number of carbonyl (C=O) groups excluding carboxylic acids is 2. The molecule has 0 aliphatic carbocycles. The molecule has 0 saturated carbocycles. The number of anilines is 2. The summed E-state index contributed by atoms with van der Waals surface area (Å²) in [5.74, 6) is 1.42. The van der Waals surface area contributed by atoms with Crippen molar-refractivity contribution in [2.45, 2.75) is 25.9 Å². The fraction of sp³-hybridized carbons (Fsp3) is 0.222. The third-order valence-corrected chi connectivity index (χ3v) is 6.69. The zero-order valence-corrected chi connectivity index (χ0v) is 21.6. The Kier molecular flexibility index (Phi) is 7.16. The number of thiocarbonyl (C=S) groups is 1. The largest absolute Gasteiger partial charge is 0.494 e. The number of halogens is 1. The van der Waals surface area contributed by atoms with Crippen LogP contribution in [0.15, 0.2) is 66.7 Å². The number of hydrogen-bond acceptors (Lipinski definition) is 6. The normalized spacial score (nSPS) is 16.3. The molecule has 0 aromatic heterocycles. The Bertz CT molecular complexity index is 1330. The number of rotatable bonds is 8. The van der Waals surface area contributed by atoms with Gasteiger partial charge >= 0.3 is 0 Å². The summed E-state index contributed by atoms with van der Waals surface area (Å²) in [6, 6.07) is 18.7. The predicted octanol–water partition coefficient (Wildman–Crippen LogP) is 5.00. The number of nitrogens with one attached hydrogen (secondary N) is 1. The molecule has 0 spiro atoms. The quantitative estimate of drug-likeness (QED) is 0.405. The summed E-state index contributed by atoms with van der Waals surface area (Å²) < 4.78 is 16.3. The standard InChI is InChI=1S/C27H24ClN3O5S/c1-2-34-21-10-6-19(7-11-21)29-25(32)14-22-26(33)31(20-8-4-18(28)5-9-20)27(37)30(22)15-17-3-12-23-24(13-17)36-16-35-23/h3-13,22H,2,14-16H2,1H3,(H,29,32). The van der Waals surface area contributed by atoms with Crippen LogP contribution < -0.4 is 24.4 Å². The van der Waals surface area contributed by atoms with Gasteiger partial charge in [-0.1, -0.05) is 17.7 Å². The van der Waals surface area contributed by atoms with E-state index in [0.717, 1.165) is 5.56 Å². The minimum absolute atomic E-state index is 0.0825. The fourth-order valence-electron chi connectivity index (χ4n) is 4.27. The van der Waals surface area contributed by atoms with Gasteiger partial charge in [0.2, 0.25) is 12.7 Å². The SMILES string of the molecule is CCOc1ccc(NC(=O)CC2C(=O)N(c3ccc(Cl)cc3)C(=S)N2Cc2ccc3c(c2)OCO3)cc1. The van der Waals surface area contributed by atoms with Crippen LogP contribution in [0.25, 0.3) is 0 Å². The van der Waals surface area contributed by atoms with Gasteiger partial charge in [0, 0.05) is 17.3 Å². The predicted molar refractivity (Wildman–Crippen MR) is 144 cm³/mol. The number of benzene rings is 3. The Morgan fingerprint density at radius 1 is 1.08 bits per heavy atom. The maximum atomic E-state index is 13.6. The van der Waals surface area contributed by atoms with Crippen LogP contribution in [0.4, 0.5) is 11.4 Å². The topological polar surface area (TPSA) is 80.3 Å². The van der Waals surface area contributed by atoms with E-state index in [1.165, 1.54) is 4.90 Å². The molecule has 3 aromatic carbocycles. The molecule has 1 N–H and O–H groups in total. The van der Waals surface area contributed by atoms with Gasteiger partial charge < -0.3 is 24.4 Å². The number of nitrogens with zero attached hydrogens (tertiary/aromatic N) is 2. The summed E-state index contributed by atoms with van der Waals surface area (Å²) in [6.07, 6.45) is -0.0825. The van der Waals surface area contributed by atoms with E-state index in [2.05, 4.69) is 5.32 Å². The summed E-state index contributed by atoms with van der Waals surface area (Å²) in [5.41, 5.74) is 2.07. The van der Waals surface area contributed by atoms with Crippen molar-refractivity contribution in [1.29, 1.82) is 0 Å². The van der Waals surface area contributed by atoms with Crippen molar-refractivity contribution in [2.75, 3.05) is 23.6 Å². The maximum absolute atomic E-state index is 13.6. The van der Waals surface area contributed by atoms with Crippen molar-refractivity contribution >= 4 is 52.1 Å². The lowest BCUT2D eigenvalue weighted by atomic mass is 10.1. The van der Waals surface area contributed by atoms with E-state index in [0.29, 0.717) is 51.9 Å². The van der Waals surface area contributed by atoms with Gasteiger partial charge in [-0.3, -0.25) is 14.5 Å². The molecule has 10 heteroatoms. The van der Waals surface area contributed by atoms with Gasteiger partial charge in [0.25, 0.3) is 5.91 Å². The summed E-state index contributed by atoms with van der Waals surface area (Å²) in [5, 5.41) is 3.72. The van der Waals surface area contributed by atoms with Crippen LogP contribution in [-0.2, 0) is 16.1 Å². The Balaban J connectivity index is 1.38. The molecule has 1 saturated heterocycles. The van der Waals surface area contributed by atoms with Crippen molar-refractivity contribution in [1.82, 2.24) is 4.90 Å². The summed E-state index contributed by atoms with van der Waals surface area (Å²) in [6.45, 7) is 2.94. The van der Waals surface area contributed by atoms with Crippen molar-refractivity contribution < 1.29 is 23.8 Å². The molecule has 0 radical (unpaired) electrons. The number of amides is 2. The lowest BCUT2D eigenvalue weighted by molar-refractivity contribution is -0.124. The Labute approximate surface area is 224 Å². The number of carbonyl (C=O) groups is 2. The minimum atomic E-state index is -0.795. The summed E-state index contributed by atoms with van der Waals surface area (Å²) >= 11 is 11.8. The second-order valence-corrected chi connectivity index (χ2v) is 9.28. The molecular weight excluding hydrogens is 514 g/mol. The van der Waals surface area contributed by atoms with Gasteiger partial charge in [0.15, 0.2) is 16.6 Å². The average Bonchev–Trinajstić information content (AvgIpc) is 3.44. The molecule has 0 bridgehead atoms. The highest BCUT2D eigenvalue weighted by molar-refractivity contribution is 7.80. The number of fused-ring (bicyclic) bond motifs is 1. The fourth-order valence-corrected chi connectivity index (χ4v) is 4.78. The van der Waals surface area contributed by atoms with E-state index >= 15 is 0 Å². The molecule has 1 unspecified atom stereocenters. The minimum Gasteiger partial charge on any atom is -0.494 e. The highest BCUT2D eigenvalue weighted by atomic mass is 35.5. The first-order valence-electron chi connectivity index (χ1n) is 11.7. The lowest BCUT2D eigenvalue weighted by Gasteiger charge is -2.24. The van der Waals surface area contributed by atoms with Crippen molar-refractivity contribution in [3.05, 3.63) is 77.3 Å². The first-order chi connectivity index (χ1) is 17.9. The third-order valence-electron chi connectivity index (χ3n) is 6.02. The van der Waals surface area contributed by atoms with Gasteiger partial charge in [-0.2, -0.15) is 0 Å². The van der Waals surface area contributed by atoms with Gasteiger partial charge in [-0.05, 0) is 85.4 Å². The van der Waals surface area contributed by atoms with Crippen LogP contribution in [0.2, 0.25) is 5.02 Å². The van der Waals surface area contributed by atoms with Crippen LogP contribution in [0.5, 0.6) is 17.2 Å². The molecule has 5 rings (SSSR count). The highest BCUT2D eigenvalue weighted by Gasteiger charge is 2.44. The first-order valence-corrected chi connectivity index (χ1v) is 12.5. The van der Waals surface area contributed by atoms with Crippen LogP contribution in [0, 0.1) is 0 Å². The second-order valence-electron chi connectivity index (χ2n) is 8.47. The van der Waals surface area contributed by atoms with Crippen molar-refractivity contribution in [2.24, 2.45) is 0 Å². The molecule has 8 nitrogen and oxygen atoms in total. The molecular formula is C27H24ClN3O5S. The zero-order chi connectivity index (χ0) is 25.9. The van der Waals surface area contributed by atoms with Crippen LogP contribution in [0.3, 0.4) is 0 Å². The van der Waals surface area contributed by atoms with Gasteiger partial charge in [0.05, 0.1) is 18.7 Å². The Morgan fingerprint density at radius 3 is 2.54 bits per heavy atom. The van der Waals surface area contributed by atoms with Crippen molar-refractivity contribution in [3.63, 3.8) is 0 Å². The van der Waals surface area contributed by atoms with E-state index in [4.69, 9.17) is 38.0 Å². The molecule has 2 aliphatic rings. The molecule has 2 amide bonds. The van der Waals surface area contributed by atoms with Crippen LogP contribution in [-0.4, -0.2) is 41.3 Å². The molecule has 1 fully saturated rings. The van der Waals surface area contributed by atoms with E-state index in [1.54, 1.807) is 53.4 Å². The monoisotopic (exact) mass is 537 g/mol. The van der Waals surface area contributed by atoms with Crippen LogP contribution in [0.1, 0.15) is 18.9 Å². The zero-order valence-electron chi connectivity index (χ0n) is 20.0. The Morgan fingerprint density at radius 2 is 1.81 bits per heavy atom. The Hall–Kier alpha value is -3.82.